The zero-order chi connectivity index (χ0) is 13.8. The van der Waals surface area contributed by atoms with Crippen molar-refractivity contribution in [2.45, 2.75) is 32.7 Å². The van der Waals surface area contributed by atoms with Crippen molar-refractivity contribution in [3.05, 3.63) is 27.9 Å². The quantitative estimate of drug-likeness (QED) is 0.666. The average molecular weight is 264 g/mol. The van der Waals surface area contributed by atoms with Crippen LogP contribution in [-0.2, 0) is 0 Å². The lowest BCUT2D eigenvalue weighted by Gasteiger charge is -2.32. The third-order valence-electron chi connectivity index (χ3n) is 3.58. The summed E-state index contributed by atoms with van der Waals surface area (Å²) in [6.45, 7) is 7.13. The van der Waals surface area contributed by atoms with Crippen molar-refractivity contribution in [1.82, 2.24) is 9.88 Å². The van der Waals surface area contributed by atoms with Gasteiger partial charge in [0.15, 0.2) is 0 Å². The Labute approximate surface area is 113 Å². The van der Waals surface area contributed by atoms with Gasteiger partial charge in [0.1, 0.15) is 12.0 Å². The number of nitro groups is 1. The van der Waals surface area contributed by atoms with Crippen molar-refractivity contribution in [2.24, 2.45) is 0 Å². The fourth-order valence-corrected chi connectivity index (χ4v) is 2.49. The first-order chi connectivity index (χ1) is 9.10. The molecular formula is C13H20N4O2. The molecule has 1 N–H and O–H groups in total. The molecule has 0 saturated carbocycles. The molecule has 0 amide bonds. The second kappa shape index (κ2) is 5.97. The number of hydrogen-bond acceptors (Lipinski definition) is 5. The van der Waals surface area contributed by atoms with E-state index >= 15 is 0 Å². The molecule has 6 nitrogen and oxygen atoms in total. The summed E-state index contributed by atoms with van der Waals surface area (Å²) in [4.78, 5) is 16.9. The first kappa shape index (κ1) is 13.7. The second-order valence-corrected chi connectivity index (χ2v) is 4.99. The predicted molar refractivity (Wildman–Crippen MR) is 74.4 cm³/mol. The summed E-state index contributed by atoms with van der Waals surface area (Å²) in [6.07, 6.45) is 3.63. The Balaban J connectivity index is 2.03. The zero-order valence-electron chi connectivity index (χ0n) is 11.4. The first-order valence-electron chi connectivity index (χ1n) is 6.70. The van der Waals surface area contributed by atoms with Crippen LogP contribution in [0.15, 0.2) is 12.3 Å². The van der Waals surface area contributed by atoms with E-state index in [1.54, 1.807) is 13.0 Å². The molecule has 6 heteroatoms. The monoisotopic (exact) mass is 264 g/mol. The average Bonchev–Trinajstić information content (AvgIpc) is 2.38. The van der Waals surface area contributed by atoms with E-state index in [9.17, 15) is 10.1 Å². The van der Waals surface area contributed by atoms with Gasteiger partial charge in [-0.3, -0.25) is 10.1 Å². The number of nitrogens with zero attached hydrogens (tertiary/aromatic N) is 3. The number of aryl methyl sites for hydroxylation is 1. The van der Waals surface area contributed by atoms with Crippen molar-refractivity contribution in [3.8, 4) is 0 Å². The third-order valence-corrected chi connectivity index (χ3v) is 3.58. The molecule has 1 fully saturated rings. The standard InChI is InChI=1S/C13H20N4O2/c1-3-16-6-4-5-11(9-16)15-13-7-10(2)12(8-14-13)17(18)19/h7-8,11H,3-6,9H2,1-2H3,(H,14,15). The molecule has 2 rings (SSSR count). The molecule has 1 aromatic heterocycles. The molecule has 0 aromatic carbocycles. The van der Waals surface area contributed by atoms with Gasteiger partial charge >= 0.3 is 0 Å². The molecule has 19 heavy (non-hydrogen) atoms. The Morgan fingerprint density at radius 3 is 3.05 bits per heavy atom. The van der Waals surface area contributed by atoms with Crippen LogP contribution in [0.2, 0.25) is 0 Å². The van der Waals surface area contributed by atoms with Crippen molar-refractivity contribution in [1.29, 1.82) is 0 Å². The second-order valence-electron chi connectivity index (χ2n) is 4.99. The Hall–Kier alpha value is -1.69. The molecule has 0 spiro atoms. The van der Waals surface area contributed by atoms with Crippen LogP contribution in [0.4, 0.5) is 11.5 Å². The Bertz CT molecular complexity index is 464. The highest BCUT2D eigenvalue weighted by molar-refractivity contribution is 5.47. The third kappa shape index (κ3) is 3.41. The smallest absolute Gasteiger partial charge is 0.290 e. The van der Waals surface area contributed by atoms with E-state index in [2.05, 4.69) is 22.1 Å². The van der Waals surface area contributed by atoms with Crippen LogP contribution < -0.4 is 5.32 Å². The number of nitrogens with one attached hydrogen (secondary N) is 1. The minimum atomic E-state index is -0.397. The van der Waals surface area contributed by atoms with Crippen LogP contribution in [0, 0.1) is 17.0 Å². The van der Waals surface area contributed by atoms with Gasteiger partial charge in [-0.2, -0.15) is 0 Å². The normalized spacial score (nSPS) is 20.2. The highest BCUT2D eigenvalue weighted by atomic mass is 16.6. The Kier molecular flexibility index (Phi) is 4.31. The number of anilines is 1. The summed E-state index contributed by atoms with van der Waals surface area (Å²) >= 11 is 0. The fourth-order valence-electron chi connectivity index (χ4n) is 2.49. The lowest BCUT2D eigenvalue weighted by Crippen LogP contribution is -2.41. The summed E-state index contributed by atoms with van der Waals surface area (Å²) < 4.78 is 0. The number of pyridine rings is 1. The predicted octanol–water partition coefficient (Wildman–Crippen LogP) is 2.19. The summed E-state index contributed by atoms with van der Waals surface area (Å²) in [6, 6.07) is 2.13. The van der Waals surface area contributed by atoms with Crippen LogP contribution in [0.25, 0.3) is 0 Å². The number of hydrogen-bond donors (Lipinski definition) is 1. The van der Waals surface area contributed by atoms with Crippen LogP contribution >= 0.6 is 0 Å². The van der Waals surface area contributed by atoms with Gasteiger partial charge in [0.05, 0.1) is 4.92 Å². The van der Waals surface area contributed by atoms with Gasteiger partial charge in [0, 0.05) is 18.2 Å². The van der Waals surface area contributed by atoms with E-state index in [4.69, 9.17) is 0 Å². The van der Waals surface area contributed by atoms with E-state index in [-0.39, 0.29) is 5.69 Å². The fraction of sp³-hybridized carbons (Fsp3) is 0.615. The van der Waals surface area contributed by atoms with Crippen molar-refractivity contribution in [2.75, 3.05) is 25.0 Å². The molecule has 1 aromatic rings. The van der Waals surface area contributed by atoms with Crippen molar-refractivity contribution in [3.63, 3.8) is 0 Å². The molecule has 0 aliphatic carbocycles. The first-order valence-corrected chi connectivity index (χ1v) is 6.70. The van der Waals surface area contributed by atoms with Gasteiger partial charge in [-0.15, -0.1) is 0 Å². The molecule has 1 aliphatic heterocycles. The molecule has 0 bridgehead atoms. The number of likely N-dealkylation sites (N-methyl/N-ethyl adjacent to an activating group) is 1. The molecule has 1 unspecified atom stereocenters. The van der Waals surface area contributed by atoms with Crippen LogP contribution in [0.1, 0.15) is 25.3 Å². The van der Waals surface area contributed by atoms with Gasteiger partial charge in [-0.05, 0) is 38.9 Å². The number of aromatic nitrogens is 1. The van der Waals surface area contributed by atoms with E-state index in [0.717, 1.165) is 31.9 Å². The largest absolute Gasteiger partial charge is 0.366 e. The molecule has 1 saturated heterocycles. The minimum absolute atomic E-state index is 0.0735. The maximum absolute atomic E-state index is 10.7. The Morgan fingerprint density at radius 2 is 2.42 bits per heavy atom. The molecule has 2 heterocycles. The molecular weight excluding hydrogens is 244 g/mol. The number of rotatable bonds is 4. The van der Waals surface area contributed by atoms with Gasteiger partial charge in [0.2, 0.25) is 0 Å². The van der Waals surface area contributed by atoms with Crippen LogP contribution in [-0.4, -0.2) is 40.5 Å². The van der Waals surface area contributed by atoms with E-state index in [1.807, 2.05) is 0 Å². The summed E-state index contributed by atoms with van der Waals surface area (Å²) in [7, 11) is 0. The van der Waals surface area contributed by atoms with E-state index in [0.29, 0.717) is 11.6 Å². The summed E-state index contributed by atoms with van der Waals surface area (Å²) in [5.74, 6) is 0.728. The van der Waals surface area contributed by atoms with Gasteiger partial charge in [-0.1, -0.05) is 6.92 Å². The van der Waals surface area contributed by atoms with Crippen LogP contribution in [0.3, 0.4) is 0 Å². The highest BCUT2D eigenvalue weighted by Gasteiger charge is 2.19. The van der Waals surface area contributed by atoms with Gasteiger partial charge in [0.25, 0.3) is 5.69 Å². The molecule has 1 aliphatic rings. The van der Waals surface area contributed by atoms with Gasteiger partial charge in [-0.25, -0.2) is 4.98 Å². The van der Waals surface area contributed by atoms with Crippen LogP contribution in [0.5, 0.6) is 0 Å². The SMILES string of the molecule is CCN1CCCC(Nc2cc(C)c([N+](=O)[O-])cn2)C1. The minimum Gasteiger partial charge on any atom is -0.366 e. The van der Waals surface area contributed by atoms with Gasteiger partial charge < -0.3 is 10.2 Å². The summed E-state index contributed by atoms with van der Waals surface area (Å²) in [5, 5.41) is 14.1. The maximum atomic E-state index is 10.7. The Morgan fingerprint density at radius 1 is 1.63 bits per heavy atom. The highest BCUT2D eigenvalue weighted by Crippen LogP contribution is 2.20. The van der Waals surface area contributed by atoms with E-state index < -0.39 is 4.92 Å². The van der Waals surface area contributed by atoms with Crippen molar-refractivity contribution < 1.29 is 4.92 Å². The summed E-state index contributed by atoms with van der Waals surface area (Å²) in [5.41, 5.74) is 0.718. The molecule has 104 valence electrons. The molecule has 1 atom stereocenters. The zero-order valence-corrected chi connectivity index (χ0v) is 11.4. The number of piperidine rings is 1. The topological polar surface area (TPSA) is 71.3 Å². The van der Waals surface area contributed by atoms with Crippen molar-refractivity contribution >= 4 is 11.5 Å². The maximum Gasteiger partial charge on any atom is 0.290 e. The molecule has 0 radical (unpaired) electrons. The lowest BCUT2D eigenvalue weighted by atomic mass is 10.1. The lowest BCUT2D eigenvalue weighted by molar-refractivity contribution is -0.385. The van der Waals surface area contributed by atoms with E-state index in [1.165, 1.54) is 12.6 Å². The number of likely N-dealkylation sites (tertiary alicyclic amines) is 1.